The van der Waals surface area contributed by atoms with Crippen LogP contribution in [0.3, 0.4) is 0 Å². The third kappa shape index (κ3) is 7.05. The third-order valence-electron chi connectivity index (χ3n) is 7.82. The molecule has 0 aromatic heterocycles. The molecule has 1 N–H and O–H groups in total. The Morgan fingerprint density at radius 2 is 1.82 bits per heavy atom. The molecule has 1 fully saturated rings. The van der Waals surface area contributed by atoms with Crippen molar-refractivity contribution in [1.82, 2.24) is 9.80 Å². The van der Waals surface area contributed by atoms with Crippen LogP contribution in [0.2, 0.25) is 5.02 Å². The van der Waals surface area contributed by atoms with Gasteiger partial charge in [0.1, 0.15) is 5.82 Å². The fourth-order valence-electron chi connectivity index (χ4n) is 5.51. The highest BCUT2D eigenvalue weighted by molar-refractivity contribution is 6.31. The van der Waals surface area contributed by atoms with Crippen LogP contribution in [0.4, 0.5) is 10.1 Å². The first-order valence-electron chi connectivity index (χ1n) is 13.6. The lowest BCUT2D eigenvalue weighted by atomic mass is 9.79. The van der Waals surface area contributed by atoms with Gasteiger partial charge in [0.2, 0.25) is 5.91 Å². The molecule has 39 heavy (non-hydrogen) atoms. The quantitative estimate of drug-likeness (QED) is 0.276. The molecule has 0 radical (unpaired) electrons. The summed E-state index contributed by atoms with van der Waals surface area (Å²) in [4.78, 5) is 17.7. The number of nitrogens with zero attached hydrogens (tertiary/aromatic N) is 3. The highest BCUT2D eigenvalue weighted by Crippen LogP contribution is 2.39. The number of hydrogen-bond acceptors (Lipinski definition) is 4. The minimum Gasteiger partial charge on any atom is -0.325 e. The molecular weight excluding hydrogens is 511 g/mol. The number of carbonyl (C=O) groups is 1. The Bertz CT molecular complexity index is 1310. The Morgan fingerprint density at radius 3 is 2.49 bits per heavy atom. The van der Waals surface area contributed by atoms with E-state index in [0.717, 1.165) is 43.6 Å². The van der Waals surface area contributed by atoms with Gasteiger partial charge >= 0.3 is 0 Å². The zero-order chi connectivity index (χ0) is 27.8. The van der Waals surface area contributed by atoms with Crippen LogP contribution in [0, 0.1) is 17.1 Å². The second kappa shape index (κ2) is 13.2. The molecule has 1 saturated heterocycles. The van der Waals surface area contributed by atoms with Gasteiger partial charge in [-0.05, 0) is 79.9 Å². The molecule has 0 unspecified atom stereocenters. The molecule has 0 atom stereocenters. The molecular formula is C32H36ClFN4O. The molecule has 4 rings (SSSR count). The summed E-state index contributed by atoms with van der Waals surface area (Å²) in [6, 6.07) is 22.6. The minimum atomic E-state index is -0.515. The van der Waals surface area contributed by atoms with E-state index in [1.165, 1.54) is 43.0 Å². The predicted molar refractivity (Wildman–Crippen MR) is 156 cm³/mol. The van der Waals surface area contributed by atoms with Gasteiger partial charge in [-0.1, -0.05) is 67.8 Å². The monoisotopic (exact) mass is 546 g/mol. The summed E-state index contributed by atoms with van der Waals surface area (Å²) in [7, 11) is 2.01. The maximum absolute atomic E-state index is 13.6. The van der Waals surface area contributed by atoms with E-state index in [-0.39, 0.29) is 23.0 Å². The first-order chi connectivity index (χ1) is 18.8. The number of halogens is 2. The lowest BCUT2D eigenvalue weighted by Crippen LogP contribution is -2.53. The van der Waals surface area contributed by atoms with Crippen molar-refractivity contribution in [1.29, 1.82) is 5.26 Å². The summed E-state index contributed by atoms with van der Waals surface area (Å²) in [6.45, 7) is 5.45. The largest absolute Gasteiger partial charge is 0.325 e. The number of benzene rings is 3. The lowest BCUT2D eigenvalue weighted by molar-refractivity contribution is -0.119. The molecule has 3 aromatic rings. The van der Waals surface area contributed by atoms with Gasteiger partial charge in [-0.3, -0.25) is 9.69 Å². The summed E-state index contributed by atoms with van der Waals surface area (Å²) in [6.07, 6.45) is 5.48. The first kappa shape index (κ1) is 28.8. The van der Waals surface area contributed by atoms with Gasteiger partial charge in [-0.2, -0.15) is 5.26 Å². The molecule has 0 bridgehead atoms. The van der Waals surface area contributed by atoms with Crippen molar-refractivity contribution in [2.75, 3.05) is 38.5 Å². The molecule has 0 aliphatic carbocycles. The molecule has 0 saturated carbocycles. The number of likely N-dealkylation sites (N-methyl/N-ethyl adjacent to an activating group) is 1. The lowest BCUT2D eigenvalue weighted by Gasteiger charge is -2.48. The van der Waals surface area contributed by atoms with Crippen LogP contribution < -0.4 is 5.32 Å². The maximum atomic E-state index is 13.6. The number of carbonyl (C=O) groups excluding carboxylic acids is 1. The van der Waals surface area contributed by atoms with Crippen LogP contribution in [0.15, 0.2) is 66.7 Å². The molecule has 1 amide bonds. The number of rotatable bonds is 10. The van der Waals surface area contributed by atoms with Crippen LogP contribution in [0.5, 0.6) is 0 Å². The number of anilines is 1. The van der Waals surface area contributed by atoms with Crippen molar-refractivity contribution in [3.63, 3.8) is 0 Å². The van der Waals surface area contributed by atoms with Crippen molar-refractivity contribution in [3.05, 3.63) is 88.7 Å². The van der Waals surface area contributed by atoms with E-state index in [4.69, 9.17) is 11.6 Å². The summed E-state index contributed by atoms with van der Waals surface area (Å²) < 4.78 is 13.6. The Hall–Kier alpha value is -3.24. The second-order valence-corrected chi connectivity index (χ2v) is 10.8. The van der Waals surface area contributed by atoms with Crippen LogP contribution in [0.1, 0.15) is 50.2 Å². The summed E-state index contributed by atoms with van der Waals surface area (Å²) in [5.41, 5.74) is 4.05. The fourth-order valence-corrected chi connectivity index (χ4v) is 5.69. The zero-order valence-corrected chi connectivity index (χ0v) is 23.5. The molecule has 7 heteroatoms. The van der Waals surface area contributed by atoms with Gasteiger partial charge in [0.25, 0.3) is 0 Å². The predicted octanol–water partition coefficient (Wildman–Crippen LogP) is 7.07. The number of hydrogen-bond donors (Lipinski definition) is 1. The molecule has 5 nitrogen and oxygen atoms in total. The van der Waals surface area contributed by atoms with E-state index in [1.54, 1.807) is 6.07 Å². The number of amides is 1. The van der Waals surface area contributed by atoms with Crippen LogP contribution in [-0.2, 0) is 10.3 Å². The molecule has 0 spiro atoms. The van der Waals surface area contributed by atoms with Crippen molar-refractivity contribution in [2.45, 2.75) is 44.6 Å². The average Bonchev–Trinajstić information content (AvgIpc) is 2.95. The van der Waals surface area contributed by atoms with Gasteiger partial charge in [-0.25, -0.2) is 4.39 Å². The van der Waals surface area contributed by atoms with Gasteiger partial charge < -0.3 is 10.2 Å². The number of piperidine rings is 1. The van der Waals surface area contributed by atoms with Crippen molar-refractivity contribution < 1.29 is 9.18 Å². The SMILES string of the molecule is CCCCCN1CCC(c2ccc(-c3cccc(C#N)c3)cc2)(N(C)CC(=O)Nc2ccc(F)c(Cl)c2)CC1. The Balaban J connectivity index is 1.54. The number of unbranched alkanes of at least 4 members (excludes halogenated alkanes) is 2. The molecule has 3 aromatic carbocycles. The average molecular weight is 547 g/mol. The van der Waals surface area contributed by atoms with Gasteiger partial charge in [0.15, 0.2) is 0 Å². The summed E-state index contributed by atoms with van der Waals surface area (Å²) >= 11 is 5.90. The Labute approximate surface area is 236 Å². The van der Waals surface area contributed by atoms with Crippen LogP contribution >= 0.6 is 11.6 Å². The maximum Gasteiger partial charge on any atom is 0.238 e. The van der Waals surface area contributed by atoms with E-state index in [1.807, 2.05) is 25.2 Å². The van der Waals surface area contributed by atoms with Crippen LogP contribution in [0.25, 0.3) is 11.1 Å². The van der Waals surface area contributed by atoms with Crippen molar-refractivity contribution in [2.24, 2.45) is 0 Å². The van der Waals surface area contributed by atoms with E-state index in [9.17, 15) is 14.4 Å². The standard InChI is InChI=1S/C32H36ClFN4O/c1-3-4-5-17-38-18-15-32(16-19-38,37(2)23-31(39)36-28-13-14-30(34)29(33)21-28)27-11-9-25(10-12-27)26-8-6-7-24(20-26)22-35/h6-14,20-21H,3-5,15-19,23H2,1-2H3,(H,36,39). The first-order valence-corrected chi connectivity index (χ1v) is 14.0. The Kier molecular flexibility index (Phi) is 9.74. The van der Waals surface area contributed by atoms with E-state index in [2.05, 4.69) is 52.4 Å². The third-order valence-corrected chi connectivity index (χ3v) is 8.11. The highest BCUT2D eigenvalue weighted by atomic mass is 35.5. The van der Waals surface area contributed by atoms with Crippen molar-refractivity contribution in [3.8, 4) is 17.2 Å². The van der Waals surface area contributed by atoms with E-state index < -0.39 is 5.82 Å². The number of nitriles is 1. The molecule has 204 valence electrons. The van der Waals surface area contributed by atoms with Gasteiger partial charge in [0, 0.05) is 24.3 Å². The smallest absolute Gasteiger partial charge is 0.238 e. The van der Waals surface area contributed by atoms with E-state index in [0.29, 0.717) is 11.3 Å². The normalized spacial score (nSPS) is 15.2. The summed E-state index contributed by atoms with van der Waals surface area (Å²) in [5, 5.41) is 12.1. The van der Waals surface area contributed by atoms with Gasteiger partial charge in [-0.15, -0.1) is 0 Å². The summed E-state index contributed by atoms with van der Waals surface area (Å²) in [5.74, 6) is -0.686. The van der Waals surface area contributed by atoms with Gasteiger partial charge in [0.05, 0.1) is 23.2 Å². The second-order valence-electron chi connectivity index (χ2n) is 10.4. The molecule has 1 aliphatic heterocycles. The van der Waals surface area contributed by atoms with Crippen molar-refractivity contribution >= 4 is 23.2 Å². The molecule has 1 heterocycles. The topological polar surface area (TPSA) is 59.4 Å². The zero-order valence-electron chi connectivity index (χ0n) is 22.7. The Morgan fingerprint density at radius 1 is 1.08 bits per heavy atom. The highest BCUT2D eigenvalue weighted by Gasteiger charge is 2.40. The number of likely N-dealkylation sites (tertiary alicyclic amines) is 1. The van der Waals surface area contributed by atoms with E-state index >= 15 is 0 Å². The minimum absolute atomic E-state index is 0.0199. The van der Waals surface area contributed by atoms with Crippen LogP contribution in [-0.4, -0.2) is 48.9 Å². The molecule has 1 aliphatic rings. The fraction of sp³-hybridized carbons (Fsp3) is 0.375. The number of nitrogens with one attached hydrogen (secondary N) is 1.